The molecule has 2 heterocycles. The zero-order chi connectivity index (χ0) is 17.4. The molecule has 0 amide bonds. The number of carboxylic acids is 1. The van der Waals surface area contributed by atoms with Gasteiger partial charge in [-0.2, -0.15) is 0 Å². The van der Waals surface area contributed by atoms with Gasteiger partial charge in [0.25, 0.3) is 0 Å². The highest BCUT2D eigenvalue weighted by atomic mass is 35.5. The fourth-order valence-electron chi connectivity index (χ4n) is 3.85. The van der Waals surface area contributed by atoms with Crippen molar-refractivity contribution in [2.75, 3.05) is 31.1 Å². The molecule has 1 unspecified atom stereocenters. The molecule has 1 fully saturated rings. The summed E-state index contributed by atoms with van der Waals surface area (Å²) in [6.07, 6.45) is 2.00. The predicted molar refractivity (Wildman–Crippen MR) is 95.3 cm³/mol. The largest absolute Gasteiger partial charge is 0.478 e. The number of nitrogens with zero attached hydrogens (tertiary/aromatic N) is 4. The summed E-state index contributed by atoms with van der Waals surface area (Å²) in [5.74, 6) is 0.00547. The highest BCUT2D eigenvalue weighted by molar-refractivity contribution is 6.29. The maximum absolute atomic E-state index is 11.1. The number of aryl methyl sites for hydroxylation is 1. The number of carboxylic acid groups (broad SMARTS) is 1. The minimum absolute atomic E-state index is 0.380. The number of aromatic nitrogens is 2. The van der Waals surface area contributed by atoms with Crippen LogP contribution in [0.25, 0.3) is 0 Å². The Balaban J connectivity index is 1.44. The summed E-state index contributed by atoms with van der Waals surface area (Å²) in [6, 6.07) is 9.60. The summed E-state index contributed by atoms with van der Waals surface area (Å²) in [6.45, 7) is 3.70. The first-order chi connectivity index (χ1) is 12.1. The Labute approximate surface area is 151 Å². The van der Waals surface area contributed by atoms with Gasteiger partial charge in [-0.05, 0) is 48.2 Å². The highest BCUT2D eigenvalue weighted by Crippen LogP contribution is 2.36. The number of carbonyl (C=O) groups is 1. The Kier molecular flexibility index (Phi) is 4.31. The molecule has 1 aliphatic carbocycles. The molecule has 0 spiro atoms. The molecule has 1 aromatic heterocycles. The van der Waals surface area contributed by atoms with Gasteiger partial charge in [-0.15, -0.1) is 10.2 Å². The second kappa shape index (κ2) is 6.61. The number of hydrogen-bond donors (Lipinski definition) is 1. The van der Waals surface area contributed by atoms with Gasteiger partial charge in [0, 0.05) is 32.2 Å². The third-order valence-corrected chi connectivity index (χ3v) is 5.33. The number of piperazine rings is 1. The molecule has 2 aromatic rings. The van der Waals surface area contributed by atoms with E-state index >= 15 is 0 Å². The third-order valence-electron chi connectivity index (χ3n) is 5.13. The van der Waals surface area contributed by atoms with Crippen molar-refractivity contribution in [3.63, 3.8) is 0 Å². The molecule has 0 bridgehead atoms. The molecule has 1 aromatic carbocycles. The molecule has 0 saturated carbocycles. The molecule has 7 heteroatoms. The summed E-state index contributed by atoms with van der Waals surface area (Å²) in [7, 11) is 0. The van der Waals surface area contributed by atoms with Crippen LogP contribution in [0.2, 0.25) is 5.15 Å². The SMILES string of the molecule is O=C(O)c1ccc2c(c1)CCC2N1CCN(c2ccc(Cl)nn2)CC1. The van der Waals surface area contributed by atoms with Gasteiger partial charge in [-0.3, -0.25) is 4.90 Å². The van der Waals surface area contributed by atoms with Crippen LogP contribution >= 0.6 is 11.6 Å². The monoisotopic (exact) mass is 358 g/mol. The molecule has 1 aliphatic heterocycles. The van der Waals surface area contributed by atoms with Crippen LogP contribution in [0, 0.1) is 0 Å². The standard InChI is InChI=1S/C18H19ClN4O2/c19-16-5-6-17(21-20-16)23-9-7-22(8-10-23)15-4-2-12-11-13(18(24)25)1-3-14(12)15/h1,3,5-6,11,15H,2,4,7-10H2,(H,24,25). The number of aromatic carboxylic acids is 1. The molecular formula is C18H19ClN4O2. The second-order valence-corrected chi connectivity index (χ2v) is 6.90. The van der Waals surface area contributed by atoms with Gasteiger partial charge in [-0.1, -0.05) is 17.7 Å². The summed E-state index contributed by atoms with van der Waals surface area (Å²) in [5, 5.41) is 17.6. The first-order valence-corrected chi connectivity index (χ1v) is 8.84. The fourth-order valence-corrected chi connectivity index (χ4v) is 3.95. The average Bonchev–Trinajstić information content (AvgIpc) is 3.05. The average molecular weight is 359 g/mol. The van der Waals surface area contributed by atoms with E-state index < -0.39 is 5.97 Å². The summed E-state index contributed by atoms with van der Waals surface area (Å²) in [5.41, 5.74) is 2.84. The van der Waals surface area contributed by atoms with Gasteiger partial charge in [0.15, 0.2) is 11.0 Å². The number of rotatable bonds is 3. The third kappa shape index (κ3) is 3.19. The van der Waals surface area contributed by atoms with Gasteiger partial charge < -0.3 is 10.0 Å². The van der Waals surface area contributed by atoms with Crippen LogP contribution in [0.4, 0.5) is 5.82 Å². The number of benzene rings is 1. The fraction of sp³-hybridized carbons (Fsp3) is 0.389. The number of halogens is 1. The van der Waals surface area contributed by atoms with Crippen LogP contribution in [-0.2, 0) is 6.42 Å². The molecule has 1 saturated heterocycles. The van der Waals surface area contributed by atoms with E-state index in [-0.39, 0.29) is 0 Å². The van der Waals surface area contributed by atoms with Gasteiger partial charge in [0.2, 0.25) is 0 Å². The smallest absolute Gasteiger partial charge is 0.335 e. The second-order valence-electron chi connectivity index (χ2n) is 6.51. The molecular weight excluding hydrogens is 340 g/mol. The molecule has 2 aliphatic rings. The Morgan fingerprint density at radius 2 is 1.92 bits per heavy atom. The van der Waals surface area contributed by atoms with E-state index in [1.807, 2.05) is 18.2 Å². The minimum atomic E-state index is -0.857. The van der Waals surface area contributed by atoms with Crippen molar-refractivity contribution < 1.29 is 9.90 Å². The van der Waals surface area contributed by atoms with E-state index in [1.165, 1.54) is 11.1 Å². The van der Waals surface area contributed by atoms with Crippen molar-refractivity contribution in [1.82, 2.24) is 15.1 Å². The van der Waals surface area contributed by atoms with Gasteiger partial charge >= 0.3 is 5.97 Å². The maximum atomic E-state index is 11.1. The summed E-state index contributed by atoms with van der Waals surface area (Å²) in [4.78, 5) is 15.9. The number of anilines is 1. The van der Waals surface area contributed by atoms with Gasteiger partial charge in [-0.25, -0.2) is 4.79 Å². The molecule has 4 rings (SSSR count). The Morgan fingerprint density at radius 1 is 1.12 bits per heavy atom. The summed E-state index contributed by atoms with van der Waals surface area (Å²) >= 11 is 5.80. The lowest BCUT2D eigenvalue weighted by molar-refractivity contribution is 0.0696. The van der Waals surface area contributed by atoms with Gasteiger partial charge in [0.1, 0.15) is 0 Å². The van der Waals surface area contributed by atoms with Crippen LogP contribution in [0.3, 0.4) is 0 Å². The van der Waals surface area contributed by atoms with Crippen molar-refractivity contribution in [2.45, 2.75) is 18.9 Å². The van der Waals surface area contributed by atoms with Crippen molar-refractivity contribution in [3.8, 4) is 0 Å². The van der Waals surface area contributed by atoms with Crippen LogP contribution in [0.1, 0.15) is 33.9 Å². The van der Waals surface area contributed by atoms with Crippen molar-refractivity contribution >= 4 is 23.4 Å². The molecule has 6 nitrogen and oxygen atoms in total. The molecule has 0 radical (unpaired) electrons. The first kappa shape index (κ1) is 16.3. The Hall–Kier alpha value is -2.18. The van der Waals surface area contributed by atoms with Crippen LogP contribution < -0.4 is 4.90 Å². The molecule has 25 heavy (non-hydrogen) atoms. The molecule has 1 N–H and O–H groups in total. The Bertz CT molecular complexity index is 788. The van der Waals surface area contributed by atoms with E-state index in [0.29, 0.717) is 16.8 Å². The van der Waals surface area contributed by atoms with Gasteiger partial charge in [0.05, 0.1) is 5.56 Å². The zero-order valence-electron chi connectivity index (χ0n) is 13.7. The van der Waals surface area contributed by atoms with E-state index in [2.05, 4.69) is 20.0 Å². The predicted octanol–water partition coefficient (Wildman–Crippen LogP) is 2.64. The van der Waals surface area contributed by atoms with E-state index in [9.17, 15) is 4.79 Å². The van der Waals surface area contributed by atoms with Crippen molar-refractivity contribution in [1.29, 1.82) is 0 Å². The quantitative estimate of drug-likeness (QED) is 0.909. The number of fused-ring (bicyclic) bond motifs is 1. The van der Waals surface area contributed by atoms with E-state index in [1.54, 1.807) is 12.1 Å². The topological polar surface area (TPSA) is 69.6 Å². The Morgan fingerprint density at radius 3 is 2.60 bits per heavy atom. The molecule has 1 atom stereocenters. The lowest BCUT2D eigenvalue weighted by Crippen LogP contribution is -2.47. The van der Waals surface area contributed by atoms with Crippen LogP contribution in [0.5, 0.6) is 0 Å². The normalized spacial score (nSPS) is 20.5. The maximum Gasteiger partial charge on any atom is 0.335 e. The minimum Gasteiger partial charge on any atom is -0.478 e. The van der Waals surface area contributed by atoms with E-state index in [0.717, 1.165) is 44.8 Å². The number of hydrogen-bond acceptors (Lipinski definition) is 5. The highest BCUT2D eigenvalue weighted by Gasteiger charge is 2.31. The first-order valence-electron chi connectivity index (χ1n) is 8.46. The van der Waals surface area contributed by atoms with Crippen LogP contribution in [0.15, 0.2) is 30.3 Å². The van der Waals surface area contributed by atoms with Crippen LogP contribution in [-0.4, -0.2) is 52.4 Å². The zero-order valence-corrected chi connectivity index (χ0v) is 14.5. The van der Waals surface area contributed by atoms with Crippen molar-refractivity contribution in [2.24, 2.45) is 0 Å². The lowest BCUT2D eigenvalue weighted by Gasteiger charge is -2.38. The van der Waals surface area contributed by atoms with Crippen molar-refractivity contribution in [3.05, 3.63) is 52.2 Å². The summed E-state index contributed by atoms with van der Waals surface area (Å²) < 4.78 is 0. The lowest BCUT2D eigenvalue weighted by atomic mass is 10.0. The van der Waals surface area contributed by atoms with E-state index in [4.69, 9.17) is 16.7 Å². The molecule has 130 valence electrons.